The van der Waals surface area contributed by atoms with Crippen molar-refractivity contribution in [2.75, 3.05) is 0 Å². The van der Waals surface area contributed by atoms with Crippen LogP contribution < -0.4 is 5.43 Å². The minimum atomic E-state index is -4.46. The molecule has 0 unspecified atom stereocenters. The van der Waals surface area contributed by atoms with Gasteiger partial charge in [-0.3, -0.25) is 4.79 Å². The average molecular weight is 332 g/mol. The van der Waals surface area contributed by atoms with Crippen LogP contribution in [0.2, 0.25) is 0 Å². The molecule has 0 saturated heterocycles. The zero-order valence-electron chi connectivity index (χ0n) is 12.6. The van der Waals surface area contributed by atoms with Crippen molar-refractivity contribution in [2.24, 2.45) is 11.0 Å². The Balaban J connectivity index is 1.61. The van der Waals surface area contributed by atoms with Crippen LogP contribution in [-0.2, 0) is 11.0 Å². The summed E-state index contributed by atoms with van der Waals surface area (Å²) in [6.45, 7) is 0. The molecule has 0 aromatic heterocycles. The highest BCUT2D eigenvalue weighted by Gasteiger charge is 2.43. The third-order valence-corrected chi connectivity index (χ3v) is 4.00. The number of rotatable bonds is 4. The van der Waals surface area contributed by atoms with Crippen molar-refractivity contribution in [3.63, 3.8) is 0 Å². The quantitative estimate of drug-likeness (QED) is 0.668. The van der Waals surface area contributed by atoms with E-state index in [9.17, 15) is 18.0 Å². The first kappa shape index (κ1) is 16.2. The Bertz CT molecular complexity index is 756. The molecule has 24 heavy (non-hydrogen) atoms. The maximum atomic E-state index is 12.9. The molecule has 1 N–H and O–H groups in total. The number of nitrogens with zero attached hydrogens (tertiary/aromatic N) is 1. The largest absolute Gasteiger partial charge is 0.417 e. The molecule has 1 saturated carbocycles. The van der Waals surface area contributed by atoms with Gasteiger partial charge in [-0.2, -0.15) is 18.3 Å². The molecule has 1 aliphatic rings. The van der Waals surface area contributed by atoms with Crippen LogP contribution in [0, 0.1) is 5.92 Å². The second-order valence-electron chi connectivity index (χ2n) is 5.68. The maximum Gasteiger partial charge on any atom is 0.417 e. The number of hydrogen-bond donors (Lipinski definition) is 1. The van der Waals surface area contributed by atoms with Gasteiger partial charge in [-0.1, -0.05) is 48.5 Å². The summed E-state index contributed by atoms with van der Waals surface area (Å²) in [5, 5.41) is 3.68. The Kier molecular flexibility index (Phi) is 4.38. The van der Waals surface area contributed by atoms with Crippen LogP contribution in [0.25, 0.3) is 0 Å². The number of carbonyl (C=O) groups is 1. The Labute approximate surface area is 137 Å². The molecule has 0 bridgehead atoms. The van der Waals surface area contributed by atoms with Crippen molar-refractivity contribution in [1.82, 2.24) is 5.43 Å². The number of hydrazone groups is 1. The predicted octanol–water partition coefficient (Wildman–Crippen LogP) is 3.96. The fraction of sp³-hybridized carbons (Fsp3) is 0.222. The molecular formula is C18H15F3N2O. The lowest BCUT2D eigenvalue weighted by atomic mass is 10.1. The second-order valence-corrected chi connectivity index (χ2v) is 5.68. The second kappa shape index (κ2) is 6.47. The van der Waals surface area contributed by atoms with Gasteiger partial charge in [0.1, 0.15) is 0 Å². The van der Waals surface area contributed by atoms with Gasteiger partial charge in [0.05, 0.1) is 11.8 Å². The number of amides is 1. The van der Waals surface area contributed by atoms with E-state index in [0.29, 0.717) is 0 Å². The smallest absolute Gasteiger partial charge is 0.273 e. The summed E-state index contributed by atoms with van der Waals surface area (Å²) >= 11 is 0. The van der Waals surface area contributed by atoms with E-state index >= 15 is 0 Å². The molecule has 124 valence electrons. The average Bonchev–Trinajstić information content (AvgIpc) is 3.36. The van der Waals surface area contributed by atoms with E-state index < -0.39 is 11.7 Å². The van der Waals surface area contributed by atoms with Crippen LogP contribution in [0.4, 0.5) is 13.2 Å². The fourth-order valence-corrected chi connectivity index (χ4v) is 2.67. The third kappa shape index (κ3) is 3.64. The normalized spacial score (nSPS) is 20.1. The van der Waals surface area contributed by atoms with Crippen LogP contribution in [0.15, 0.2) is 59.7 Å². The number of carbonyl (C=O) groups excluding carboxylic acids is 1. The van der Waals surface area contributed by atoms with Gasteiger partial charge in [0.25, 0.3) is 0 Å². The first-order valence-electron chi connectivity index (χ1n) is 7.51. The van der Waals surface area contributed by atoms with E-state index in [2.05, 4.69) is 10.5 Å². The molecule has 2 aromatic rings. The van der Waals surface area contributed by atoms with Crippen molar-refractivity contribution >= 4 is 12.1 Å². The van der Waals surface area contributed by atoms with Gasteiger partial charge >= 0.3 is 6.18 Å². The molecule has 3 rings (SSSR count). The zero-order valence-corrected chi connectivity index (χ0v) is 12.6. The lowest BCUT2D eigenvalue weighted by molar-refractivity contribution is -0.137. The topological polar surface area (TPSA) is 41.5 Å². The highest BCUT2D eigenvalue weighted by molar-refractivity contribution is 5.86. The summed E-state index contributed by atoms with van der Waals surface area (Å²) in [6, 6.07) is 14.7. The SMILES string of the molecule is O=C(N/N=C\c1ccccc1C(F)(F)F)[C@@H]1C[C@@H]1c1ccccc1. The summed E-state index contributed by atoms with van der Waals surface area (Å²) < 4.78 is 38.6. The molecule has 1 aliphatic carbocycles. The van der Waals surface area contributed by atoms with Gasteiger partial charge in [-0.25, -0.2) is 5.43 Å². The molecule has 0 heterocycles. The minimum Gasteiger partial charge on any atom is -0.273 e. The fourth-order valence-electron chi connectivity index (χ4n) is 2.67. The van der Waals surface area contributed by atoms with Crippen molar-refractivity contribution in [1.29, 1.82) is 0 Å². The van der Waals surface area contributed by atoms with Gasteiger partial charge in [-0.15, -0.1) is 0 Å². The van der Waals surface area contributed by atoms with Crippen LogP contribution in [0.1, 0.15) is 29.0 Å². The van der Waals surface area contributed by atoms with Crippen molar-refractivity contribution in [3.05, 3.63) is 71.3 Å². The zero-order chi connectivity index (χ0) is 17.2. The van der Waals surface area contributed by atoms with Crippen molar-refractivity contribution in [2.45, 2.75) is 18.5 Å². The maximum absolute atomic E-state index is 12.9. The van der Waals surface area contributed by atoms with Crippen LogP contribution in [0.5, 0.6) is 0 Å². The minimum absolute atomic E-state index is 0.0827. The number of nitrogens with one attached hydrogen (secondary N) is 1. The summed E-state index contributed by atoms with van der Waals surface area (Å²) in [7, 11) is 0. The first-order chi connectivity index (χ1) is 11.5. The molecule has 0 radical (unpaired) electrons. The van der Waals surface area contributed by atoms with Crippen LogP contribution >= 0.6 is 0 Å². The summed E-state index contributed by atoms with van der Waals surface area (Å²) in [5.74, 6) is -0.295. The number of halogens is 3. The molecule has 6 heteroatoms. The van der Waals surface area contributed by atoms with Gasteiger partial charge in [0.15, 0.2) is 0 Å². The molecule has 1 fully saturated rings. The Morgan fingerprint density at radius 3 is 2.46 bits per heavy atom. The molecule has 0 aliphatic heterocycles. The molecule has 0 spiro atoms. The highest BCUT2D eigenvalue weighted by atomic mass is 19.4. The molecular weight excluding hydrogens is 317 g/mol. The van der Waals surface area contributed by atoms with E-state index in [4.69, 9.17) is 0 Å². The number of hydrogen-bond acceptors (Lipinski definition) is 2. The van der Waals surface area contributed by atoms with Gasteiger partial charge in [0.2, 0.25) is 5.91 Å². The summed E-state index contributed by atoms with van der Waals surface area (Å²) in [4.78, 5) is 12.0. The highest BCUT2D eigenvalue weighted by Crippen LogP contribution is 2.47. The number of benzene rings is 2. The third-order valence-electron chi connectivity index (χ3n) is 4.00. The monoisotopic (exact) mass is 332 g/mol. The van der Waals surface area contributed by atoms with Crippen molar-refractivity contribution in [3.8, 4) is 0 Å². The number of alkyl halides is 3. The lowest BCUT2D eigenvalue weighted by Gasteiger charge is -2.09. The van der Waals surface area contributed by atoms with Gasteiger partial charge < -0.3 is 0 Å². The molecule has 2 aromatic carbocycles. The Morgan fingerprint density at radius 1 is 1.08 bits per heavy atom. The molecule has 1 amide bonds. The van der Waals surface area contributed by atoms with E-state index in [-0.39, 0.29) is 23.3 Å². The van der Waals surface area contributed by atoms with E-state index in [1.807, 2.05) is 30.3 Å². The first-order valence-corrected chi connectivity index (χ1v) is 7.51. The summed E-state index contributed by atoms with van der Waals surface area (Å²) in [6.07, 6.45) is -2.70. The Hall–Kier alpha value is -2.63. The summed E-state index contributed by atoms with van der Waals surface area (Å²) in [5.41, 5.74) is 2.56. The van der Waals surface area contributed by atoms with Crippen LogP contribution in [0.3, 0.4) is 0 Å². The standard InChI is InChI=1S/C18H15F3N2O/c19-18(20,21)16-9-5-4-8-13(16)11-22-23-17(24)15-10-14(15)12-6-2-1-3-7-12/h1-9,11,14-15H,10H2,(H,23,24)/b22-11-/t14-,15-/m1/s1. The van der Waals surface area contributed by atoms with Gasteiger partial charge in [0, 0.05) is 11.5 Å². The van der Waals surface area contributed by atoms with Crippen LogP contribution in [-0.4, -0.2) is 12.1 Å². The van der Waals surface area contributed by atoms with E-state index in [1.165, 1.54) is 18.2 Å². The van der Waals surface area contributed by atoms with E-state index in [0.717, 1.165) is 24.3 Å². The Morgan fingerprint density at radius 2 is 1.75 bits per heavy atom. The lowest BCUT2D eigenvalue weighted by Crippen LogP contribution is -2.20. The van der Waals surface area contributed by atoms with Gasteiger partial charge in [-0.05, 0) is 24.0 Å². The molecule has 2 atom stereocenters. The van der Waals surface area contributed by atoms with Crippen molar-refractivity contribution < 1.29 is 18.0 Å². The predicted molar refractivity (Wildman–Crippen MR) is 84.5 cm³/mol. The van der Waals surface area contributed by atoms with E-state index in [1.54, 1.807) is 0 Å². The molecule has 3 nitrogen and oxygen atoms in total.